The van der Waals surface area contributed by atoms with Crippen LogP contribution in [0.5, 0.6) is 0 Å². The van der Waals surface area contributed by atoms with Gasteiger partial charge in [-0.1, -0.05) is 12.2 Å². The summed E-state index contributed by atoms with van der Waals surface area (Å²) >= 11 is 0. The fraction of sp³-hybridized carbons (Fsp3) is 0.667. The molecule has 0 aliphatic heterocycles. The van der Waals surface area contributed by atoms with Crippen LogP contribution in [0.3, 0.4) is 0 Å². The number of urea groups is 1. The lowest BCUT2D eigenvalue weighted by molar-refractivity contribution is 0.233. The molecule has 0 aromatic carbocycles. The van der Waals surface area contributed by atoms with E-state index in [9.17, 15) is 4.79 Å². The largest absolute Gasteiger partial charge is 0.335 e. The highest BCUT2D eigenvalue weighted by atomic mass is 16.2. The maximum Gasteiger partial charge on any atom is 0.315 e. The molecule has 0 spiro atoms. The van der Waals surface area contributed by atoms with Gasteiger partial charge in [-0.25, -0.2) is 4.79 Å². The number of amides is 2. The van der Waals surface area contributed by atoms with Crippen LogP contribution in [-0.4, -0.2) is 24.7 Å². The van der Waals surface area contributed by atoms with Crippen molar-refractivity contribution >= 4 is 6.03 Å². The molecule has 0 unspecified atom stereocenters. The van der Waals surface area contributed by atoms with Crippen LogP contribution in [0.2, 0.25) is 0 Å². The summed E-state index contributed by atoms with van der Waals surface area (Å²) in [5.74, 6) is 0. The van der Waals surface area contributed by atoms with E-state index in [-0.39, 0.29) is 11.6 Å². The van der Waals surface area contributed by atoms with Crippen molar-refractivity contribution in [1.82, 2.24) is 10.6 Å². The van der Waals surface area contributed by atoms with Gasteiger partial charge in [0.15, 0.2) is 0 Å². The Morgan fingerprint density at radius 3 is 2.46 bits per heavy atom. The SMILES string of the molecule is CC(C)(C)NC(=O)NCC=CCN. The van der Waals surface area contributed by atoms with Gasteiger partial charge < -0.3 is 16.4 Å². The van der Waals surface area contributed by atoms with Gasteiger partial charge in [-0.3, -0.25) is 0 Å². The summed E-state index contributed by atoms with van der Waals surface area (Å²) < 4.78 is 0. The van der Waals surface area contributed by atoms with Crippen molar-refractivity contribution in [3.8, 4) is 0 Å². The number of hydrogen-bond donors (Lipinski definition) is 3. The molecule has 2 amide bonds. The minimum absolute atomic E-state index is 0.158. The predicted octanol–water partition coefficient (Wildman–Crippen LogP) is 0.599. The number of hydrogen-bond acceptors (Lipinski definition) is 2. The Kier molecular flexibility index (Phi) is 5.14. The summed E-state index contributed by atoms with van der Waals surface area (Å²) in [5, 5.41) is 5.46. The van der Waals surface area contributed by atoms with Gasteiger partial charge >= 0.3 is 6.03 Å². The Labute approximate surface area is 79.6 Å². The van der Waals surface area contributed by atoms with Crippen LogP contribution >= 0.6 is 0 Å². The number of carbonyl (C=O) groups is 1. The average Bonchev–Trinajstić information content (AvgIpc) is 1.94. The first kappa shape index (κ1) is 12.0. The van der Waals surface area contributed by atoms with Crippen LogP contribution in [0.1, 0.15) is 20.8 Å². The summed E-state index contributed by atoms with van der Waals surface area (Å²) in [6.07, 6.45) is 3.62. The van der Waals surface area contributed by atoms with E-state index < -0.39 is 0 Å². The monoisotopic (exact) mass is 185 g/mol. The molecule has 0 atom stereocenters. The van der Waals surface area contributed by atoms with E-state index in [1.54, 1.807) is 6.08 Å². The molecular formula is C9H19N3O. The third kappa shape index (κ3) is 8.88. The molecule has 4 heteroatoms. The van der Waals surface area contributed by atoms with Crippen molar-refractivity contribution in [3.63, 3.8) is 0 Å². The number of carbonyl (C=O) groups excluding carboxylic acids is 1. The first-order valence-corrected chi connectivity index (χ1v) is 4.37. The van der Waals surface area contributed by atoms with E-state index in [0.717, 1.165) is 0 Å². The topological polar surface area (TPSA) is 67.2 Å². The summed E-state index contributed by atoms with van der Waals surface area (Å²) in [6.45, 7) is 6.81. The lowest BCUT2D eigenvalue weighted by Crippen LogP contribution is -2.46. The maximum atomic E-state index is 11.1. The van der Waals surface area contributed by atoms with Crippen molar-refractivity contribution in [1.29, 1.82) is 0 Å². The highest BCUT2D eigenvalue weighted by Crippen LogP contribution is 1.96. The molecule has 0 aliphatic carbocycles. The van der Waals surface area contributed by atoms with Gasteiger partial charge in [-0.15, -0.1) is 0 Å². The Hall–Kier alpha value is -1.03. The molecule has 0 saturated heterocycles. The molecule has 0 aliphatic rings. The minimum Gasteiger partial charge on any atom is -0.335 e. The fourth-order valence-corrected chi connectivity index (χ4v) is 0.716. The minimum atomic E-state index is -0.193. The Morgan fingerprint density at radius 2 is 2.00 bits per heavy atom. The smallest absolute Gasteiger partial charge is 0.315 e. The third-order valence-corrected chi connectivity index (χ3v) is 1.17. The molecule has 0 heterocycles. The van der Waals surface area contributed by atoms with E-state index in [1.807, 2.05) is 26.8 Å². The summed E-state index contributed by atoms with van der Waals surface area (Å²) in [4.78, 5) is 11.1. The molecule has 0 saturated carbocycles. The first-order valence-electron chi connectivity index (χ1n) is 4.37. The van der Waals surface area contributed by atoms with E-state index in [1.165, 1.54) is 0 Å². The normalized spacial score (nSPS) is 11.7. The third-order valence-electron chi connectivity index (χ3n) is 1.17. The van der Waals surface area contributed by atoms with Crippen molar-refractivity contribution in [2.45, 2.75) is 26.3 Å². The van der Waals surface area contributed by atoms with E-state index >= 15 is 0 Å². The van der Waals surface area contributed by atoms with Gasteiger partial charge in [0.05, 0.1) is 0 Å². The van der Waals surface area contributed by atoms with Gasteiger partial charge in [-0.2, -0.15) is 0 Å². The molecule has 0 bridgehead atoms. The highest BCUT2D eigenvalue weighted by Gasteiger charge is 2.11. The van der Waals surface area contributed by atoms with Crippen LogP contribution in [0.25, 0.3) is 0 Å². The number of nitrogens with two attached hydrogens (primary N) is 1. The highest BCUT2D eigenvalue weighted by molar-refractivity contribution is 5.74. The van der Waals surface area contributed by atoms with Gasteiger partial charge in [0.25, 0.3) is 0 Å². The van der Waals surface area contributed by atoms with Crippen LogP contribution in [0.15, 0.2) is 12.2 Å². The zero-order valence-electron chi connectivity index (χ0n) is 8.55. The second-order valence-corrected chi connectivity index (χ2v) is 3.79. The van der Waals surface area contributed by atoms with Crippen molar-refractivity contribution in [2.24, 2.45) is 5.73 Å². The molecule has 0 aromatic rings. The molecule has 0 radical (unpaired) electrons. The molecule has 4 nitrogen and oxygen atoms in total. The van der Waals surface area contributed by atoms with E-state index in [4.69, 9.17) is 5.73 Å². The summed E-state index contributed by atoms with van der Waals surface area (Å²) in [7, 11) is 0. The lowest BCUT2D eigenvalue weighted by Gasteiger charge is -2.20. The lowest BCUT2D eigenvalue weighted by atomic mass is 10.1. The zero-order chi connectivity index (χ0) is 10.3. The standard InChI is InChI=1S/C9H19N3O/c1-9(2,3)12-8(13)11-7-5-4-6-10/h4-5H,6-7,10H2,1-3H3,(H2,11,12,13). The van der Waals surface area contributed by atoms with Crippen LogP contribution in [0, 0.1) is 0 Å². The molecule has 4 N–H and O–H groups in total. The van der Waals surface area contributed by atoms with Crippen molar-refractivity contribution < 1.29 is 4.79 Å². The van der Waals surface area contributed by atoms with E-state index in [0.29, 0.717) is 13.1 Å². The van der Waals surface area contributed by atoms with Crippen LogP contribution in [0.4, 0.5) is 4.79 Å². The van der Waals surface area contributed by atoms with Crippen LogP contribution < -0.4 is 16.4 Å². The van der Waals surface area contributed by atoms with Gasteiger partial charge in [0.2, 0.25) is 0 Å². The first-order chi connectivity index (χ1) is 5.95. The molecule has 0 fully saturated rings. The predicted molar refractivity (Wildman–Crippen MR) is 54.5 cm³/mol. The maximum absolute atomic E-state index is 11.1. The zero-order valence-corrected chi connectivity index (χ0v) is 8.55. The quantitative estimate of drug-likeness (QED) is 0.564. The fourth-order valence-electron chi connectivity index (χ4n) is 0.716. The summed E-state index contributed by atoms with van der Waals surface area (Å²) in [5.41, 5.74) is 5.04. The van der Waals surface area contributed by atoms with Gasteiger partial charge in [0, 0.05) is 18.6 Å². The van der Waals surface area contributed by atoms with Crippen LogP contribution in [-0.2, 0) is 0 Å². The van der Waals surface area contributed by atoms with E-state index in [2.05, 4.69) is 10.6 Å². The number of rotatable bonds is 3. The molecular weight excluding hydrogens is 166 g/mol. The number of nitrogens with one attached hydrogen (secondary N) is 2. The Morgan fingerprint density at radius 1 is 1.38 bits per heavy atom. The molecule has 0 rings (SSSR count). The van der Waals surface area contributed by atoms with Crippen molar-refractivity contribution in [3.05, 3.63) is 12.2 Å². The Balaban J connectivity index is 3.58. The summed E-state index contributed by atoms with van der Waals surface area (Å²) in [6, 6.07) is -0.158. The van der Waals surface area contributed by atoms with Crippen molar-refractivity contribution in [2.75, 3.05) is 13.1 Å². The van der Waals surface area contributed by atoms with Gasteiger partial charge in [0.1, 0.15) is 0 Å². The molecule has 0 aromatic heterocycles. The average molecular weight is 185 g/mol. The molecule has 13 heavy (non-hydrogen) atoms. The second kappa shape index (κ2) is 5.59. The van der Waals surface area contributed by atoms with Gasteiger partial charge in [-0.05, 0) is 20.8 Å². The second-order valence-electron chi connectivity index (χ2n) is 3.79. The Bertz CT molecular complexity index is 182. The molecule has 76 valence electrons.